The lowest BCUT2D eigenvalue weighted by molar-refractivity contribution is 0.0533. The molecular weight excluding hydrogens is 324 g/mol. The van der Waals surface area contributed by atoms with Gasteiger partial charge in [-0.15, -0.1) is 0 Å². The first-order chi connectivity index (χ1) is 11.6. The van der Waals surface area contributed by atoms with Crippen LogP contribution in [0.2, 0.25) is 5.02 Å². The molecule has 1 aliphatic rings. The fourth-order valence-electron chi connectivity index (χ4n) is 3.34. The van der Waals surface area contributed by atoms with E-state index in [1.807, 2.05) is 4.90 Å². The lowest BCUT2D eigenvalue weighted by Crippen LogP contribution is -2.51. The van der Waals surface area contributed by atoms with Crippen LogP contribution in [0.25, 0.3) is 11.4 Å². The molecule has 24 heavy (non-hydrogen) atoms. The highest BCUT2D eigenvalue weighted by molar-refractivity contribution is 6.31. The van der Waals surface area contributed by atoms with Crippen LogP contribution < -0.4 is 5.73 Å². The Hall–Kier alpha value is -1.98. The Morgan fingerprint density at radius 3 is 2.83 bits per heavy atom. The number of hydrogen-bond acceptors (Lipinski definition) is 4. The predicted octanol–water partition coefficient (Wildman–Crippen LogP) is 3.00. The van der Waals surface area contributed by atoms with Crippen molar-refractivity contribution < 1.29 is 4.79 Å². The topological polar surface area (TPSA) is 72.1 Å². The third kappa shape index (κ3) is 3.28. The maximum atomic E-state index is 13.2. The Kier molecular flexibility index (Phi) is 5.11. The van der Waals surface area contributed by atoms with Gasteiger partial charge in [0.05, 0.1) is 5.56 Å². The number of benzene rings is 1. The summed E-state index contributed by atoms with van der Waals surface area (Å²) >= 11 is 6.15. The van der Waals surface area contributed by atoms with Crippen molar-refractivity contribution in [3.05, 3.63) is 47.2 Å². The van der Waals surface area contributed by atoms with E-state index in [0.29, 0.717) is 41.0 Å². The van der Waals surface area contributed by atoms with Crippen LogP contribution in [0, 0.1) is 5.92 Å². The summed E-state index contributed by atoms with van der Waals surface area (Å²) < 4.78 is 0. The smallest absolute Gasteiger partial charge is 0.254 e. The fraction of sp³-hybridized carbons (Fsp3) is 0.389. The Morgan fingerprint density at radius 1 is 1.38 bits per heavy atom. The van der Waals surface area contributed by atoms with E-state index in [4.69, 9.17) is 17.3 Å². The number of rotatable bonds is 3. The summed E-state index contributed by atoms with van der Waals surface area (Å²) in [5, 5.41) is 0.521. The third-order valence-corrected chi connectivity index (χ3v) is 4.87. The number of aromatic nitrogens is 2. The van der Waals surface area contributed by atoms with E-state index < -0.39 is 0 Å². The first kappa shape index (κ1) is 16.9. The lowest BCUT2D eigenvalue weighted by atomic mass is 9.90. The Balaban J connectivity index is 2.02. The second-order valence-corrected chi connectivity index (χ2v) is 6.62. The molecule has 1 saturated heterocycles. The van der Waals surface area contributed by atoms with Gasteiger partial charge in [-0.3, -0.25) is 4.79 Å². The second kappa shape index (κ2) is 7.28. The number of hydrogen-bond donors (Lipinski definition) is 1. The molecule has 2 N–H and O–H groups in total. The molecule has 0 aliphatic carbocycles. The average Bonchev–Trinajstić information content (AvgIpc) is 2.61. The minimum absolute atomic E-state index is 0.0507. The predicted molar refractivity (Wildman–Crippen MR) is 94.8 cm³/mol. The van der Waals surface area contributed by atoms with Crippen LogP contribution >= 0.6 is 11.6 Å². The summed E-state index contributed by atoms with van der Waals surface area (Å²) in [5.41, 5.74) is 7.16. The summed E-state index contributed by atoms with van der Waals surface area (Å²) in [6.45, 7) is 3.33. The number of halogens is 1. The first-order valence-corrected chi connectivity index (χ1v) is 8.57. The number of carbonyl (C=O) groups is 1. The zero-order valence-electron chi connectivity index (χ0n) is 13.7. The van der Waals surface area contributed by atoms with E-state index >= 15 is 0 Å². The SMILES string of the molecule is C[C@@H]1CCCN(C(=O)c2cc(Cl)ccc2-c2ncccn2)[C@@H]1CN. The van der Waals surface area contributed by atoms with Gasteiger partial charge in [-0.05, 0) is 43.0 Å². The van der Waals surface area contributed by atoms with E-state index in [-0.39, 0.29) is 11.9 Å². The van der Waals surface area contributed by atoms with Crippen LogP contribution in [0.5, 0.6) is 0 Å². The normalized spacial score (nSPS) is 20.9. The van der Waals surface area contributed by atoms with Gasteiger partial charge in [-0.25, -0.2) is 9.97 Å². The number of nitrogens with zero attached hydrogens (tertiary/aromatic N) is 3. The summed E-state index contributed by atoms with van der Waals surface area (Å²) in [6.07, 6.45) is 5.41. The zero-order valence-corrected chi connectivity index (χ0v) is 14.4. The van der Waals surface area contributed by atoms with Crippen LogP contribution in [0.4, 0.5) is 0 Å². The maximum Gasteiger partial charge on any atom is 0.254 e. The van der Waals surface area contributed by atoms with Crippen LogP contribution in [-0.4, -0.2) is 39.9 Å². The molecule has 2 heterocycles. The van der Waals surface area contributed by atoms with Gasteiger partial charge < -0.3 is 10.6 Å². The van der Waals surface area contributed by atoms with Crippen molar-refractivity contribution in [2.24, 2.45) is 11.7 Å². The molecule has 0 radical (unpaired) electrons. The highest BCUT2D eigenvalue weighted by atomic mass is 35.5. The molecule has 2 atom stereocenters. The average molecular weight is 345 g/mol. The molecule has 2 aromatic rings. The molecule has 1 amide bonds. The van der Waals surface area contributed by atoms with Crippen LogP contribution in [-0.2, 0) is 0 Å². The Bertz CT molecular complexity index is 722. The van der Waals surface area contributed by atoms with Crippen molar-refractivity contribution in [3.8, 4) is 11.4 Å². The van der Waals surface area contributed by atoms with Gasteiger partial charge in [0.1, 0.15) is 0 Å². The van der Waals surface area contributed by atoms with E-state index in [1.54, 1.807) is 36.7 Å². The van der Waals surface area contributed by atoms with Crippen LogP contribution in [0.15, 0.2) is 36.7 Å². The Morgan fingerprint density at radius 2 is 2.12 bits per heavy atom. The van der Waals surface area contributed by atoms with Gasteiger partial charge >= 0.3 is 0 Å². The molecule has 3 rings (SSSR count). The quantitative estimate of drug-likeness (QED) is 0.929. The first-order valence-electron chi connectivity index (χ1n) is 8.19. The van der Waals surface area contributed by atoms with E-state index in [1.165, 1.54) is 0 Å². The van der Waals surface area contributed by atoms with Gasteiger partial charge in [0.25, 0.3) is 5.91 Å². The molecule has 1 aromatic carbocycles. The Labute approximate surface area is 146 Å². The molecule has 6 heteroatoms. The molecule has 0 saturated carbocycles. The van der Waals surface area contributed by atoms with Crippen molar-refractivity contribution in [2.75, 3.05) is 13.1 Å². The van der Waals surface area contributed by atoms with Gasteiger partial charge in [-0.1, -0.05) is 18.5 Å². The van der Waals surface area contributed by atoms with Gasteiger partial charge in [0.15, 0.2) is 5.82 Å². The third-order valence-electron chi connectivity index (χ3n) is 4.64. The lowest BCUT2D eigenvalue weighted by Gasteiger charge is -2.39. The monoisotopic (exact) mass is 344 g/mol. The molecule has 1 fully saturated rings. The van der Waals surface area contributed by atoms with Gasteiger partial charge in [0, 0.05) is 42.1 Å². The number of carbonyl (C=O) groups excluding carboxylic acids is 1. The highest BCUT2D eigenvalue weighted by Crippen LogP contribution is 2.29. The number of likely N-dealkylation sites (tertiary alicyclic amines) is 1. The van der Waals surface area contributed by atoms with E-state index in [2.05, 4.69) is 16.9 Å². The van der Waals surface area contributed by atoms with Crippen LogP contribution in [0.3, 0.4) is 0 Å². The molecule has 1 aromatic heterocycles. The standard InChI is InChI=1S/C18H21ClN4O/c1-12-4-2-9-23(16(12)11-20)18(24)15-10-13(19)5-6-14(15)17-21-7-3-8-22-17/h3,5-8,10,12,16H,2,4,9,11,20H2,1H3/t12-,16-/m1/s1. The number of nitrogens with two attached hydrogens (primary N) is 1. The molecular formula is C18H21ClN4O. The summed E-state index contributed by atoms with van der Waals surface area (Å²) in [5.74, 6) is 0.858. The van der Waals surface area contributed by atoms with Crippen molar-refractivity contribution in [3.63, 3.8) is 0 Å². The summed E-state index contributed by atoms with van der Waals surface area (Å²) in [4.78, 5) is 23.6. The van der Waals surface area contributed by atoms with E-state index in [9.17, 15) is 4.79 Å². The fourth-order valence-corrected chi connectivity index (χ4v) is 3.51. The number of amides is 1. The largest absolute Gasteiger partial charge is 0.334 e. The number of piperidine rings is 1. The van der Waals surface area contributed by atoms with Gasteiger partial charge in [-0.2, -0.15) is 0 Å². The van der Waals surface area contributed by atoms with Crippen molar-refractivity contribution in [2.45, 2.75) is 25.8 Å². The summed E-state index contributed by atoms with van der Waals surface area (Å²) in [6, 6.07) is 7.05. The molecule has 0 unspecified atom stereocenters. The summed E-state index contributed by atoms with van der Waals surface area (Å²) in [7, 11) is 0. The van der Waals surface area contributed by atoms with Crippen molar-refractivity contribution >= 4 is 17.5 Å². The van der Waals surface area contributed by atoms with Crippen LogP contribution in [0.1, 0.15) is 30.1 Å². The molecule has 5 nitrogen and oxygen atoms in total. The van der Waals surface area contributed by atoms with E-state index in [0.717, 1.165) is 12.8 Å². The zero-order chi connectivity index (χ0) is 17.1. The maximum absolute atomic E-state index is 13.2. The molecule has 0 bridgehead atoms. The molecule has 0 spiro atoms. The molecule has 1 aliphatic heterocycles. The second-order valence-electron chi connectivity index (χ2n) is 6.18. The van der Waals surface area contributed by atoms with Crippen molar-refractivity contribution in [1.82, 2.24) is 14.9 Å². The highest BCUT2D eigenvalue weighted by Gasteiger charge is 2.32. The molecule has 126 valence electrons. The minimum atomic E-state index is -0.0537. The minimum Gasteiger partial charge on any atom is -0.334 e. The van der Waals surface area contributed by atoms with Crippen molar-refractivity contribution in [1.29, 1.82) is 0 Å². The van der Waals surface area contributed by atoms with Gasteiger partial charge in [0.2, 0.25) is 0 Å².